The molecule has 2 heterocycles. The molecule has 2 aliphatic heterocycles. The van der Waals surface area contributed by atoms with Crippen LogP contribution >= 0.6 is 0 Å². The lowest BCUT2D eigenvalue weighted by Gasteiger charge is -2.37. The van der Waals surface area contributed by atoms with Crippen molar-refractivity contribution in [3.05, 3.63) is 0 Å². The Hall–Kier alpha value is -0.850. The number of morpholine rings is 1. The Morgan fingerprint density at radius 1 is 1.29 bits per heavy atom. The molecule has 0 amide bonds. The van der Waals surface area contributed by atoms with Crippen molar-refractivity contribution in [3.8, 4) is 0 Å². The minimum atomic E-state index is 0.243. The van der Waals surface area contributed by atoms with E-state index in [1.54, 1.807) is 0 Å². The minimum absolute atomic E-state index is 0.243. The molecule has 0 saturated carbocycles. The van der Waals surface area contributed by atoms with Crippen LogP contribution < -0.4 is 5.73 Å². The fourth-order valence-electron chi connectivity index (χ4n) is 2.99. The van der Waals surface area contributed by atoms with Crippen molar-refractivity contribution in [3.63, 3.8) is 0 Å². The summed E-state index contributed by atoms with van der Waals surface area (Å²) in [4.78, 5) is 11.8. The summed E-state index contributed by atoms with van der Waals surface area (Å²) in [5.74, 6) is 0.671. The van der Waals surface area contributed by atoms with Crippen LogP contribution in [0, 0.1) is 0 Å². The SMILES string of the molecule is CCN1CCN(C(C)CN=C(N)N2CCOC(C)C2)CC1. The summed E-state index contributed by atoms with van der Waals surface area (Å²) in [6.45, 7) is 15.5. The van der Waals surface area contributed by atoms with Crippen molar-refractivity contribution in [2.45, 2.75) is 32.9 Å². The Bertz CT molecular complexity index is 341. The molecule has 2 aliphatic rings. The third-order valence-electron chi connectivity index (χ3n) is 4.56. The van der Waals surface area contributed by atoms with E-state index in [1.807, 2.05) is 0 Å². The number of aliphatic imine (C=N–C) groups is 1. The van der Waals surface area contributed by atoms with E-state index in [-0.39, 0.29) is 6.10 Å². The molecule has 2 unspecified atom stereocenters. The van der Waals surface area contributed by atoms with Crippen LogP contribution in [0.4, 0.5) is 0 Å². The van der Waals surface area contributed by atoms with Gasteiger partial charge in [0.05, 0.1) is 19.3 Å². The standard InChI is InChI=1S/C15H31N5O/c1-4-18-5-7-19(8-6-18)13(2)11-17-15(16)20-9-10-21-14(3)12-20/h13-14H,4-12H2,1-3H3,(H2,16,17). The second-order valence-electron chi connectivity index (χ2n) is 6.15. The van der Waals surface area contributed by atoms with Crippen molar-refractivity contribution < 1.29 is 4.74 Å². The number of nitrogens with two attached hydrogens (primary N) is 1. The molecule has 0 aromatic rings. The van der Waals surface area contributed by atoms with Crippen molar-refractivity contribution >= 4 is 5.96 Å². The Labute approximate surface area is 128 Å². The fourth-order valence-corrected chi connectivity index (χ4v) is 2.99. The van der Waals surface area contributed by atoms with Crippen LogP contribution in [0.1, 0.15) is 20.8 Å². The van der Waals surface area contributed by atoms with Gasteiger partial charge in [-0.2, -0.15) is 0 Å². The Kier molecular flexibility index (Phi) is 6.26. The summed E-state index contributed by atoms with van der Waals surface area (Å²) in [5, 5.41) is 0. The van der Waals surface area contributed by atoms with Gasteiger partial charge in [0.1, 0.15) is 0 Å². The average molecular weight is 297 g/mol. The van der Waals surface area contributed by atoms with Crippen molar-refractivity contribution in [1.29, 1.82) is 0 Å². The van der Waals surface area contributed by atoms with Crippen molar-refractivity contribution in [2.24, 2.45) is 10.7 Å². The van der Waals surface area contributed by atoms with E-state index in [0.29, 0.717) is 12.0 Å². The first kappa shape index (κ1) is 16.5. The van der Waals surface area contributed by atoms with E-state index in [0.717, 1.165) is 45.9 Å². The van der Waals surface area contributed by atoms with Gasteiger partial charge in [0.25, 0.3) is 0 Å². The maximum absolute atomic E-state index is 6.13. The molecular weight excluding hydrogens is 266 g/mol. The predicted molar refractivity (Wildman–Crippen MR) is 86.6 cm³/mol. The summed E-state index contributed by atoms with van der Waals surface area (Å²) in [5.41, 5.74) is 6.13. The number of nitrogens with zero attached hydrogens (tertiary/aromatic N) is 4. The molecule has 0 bridgehead atoms. The number of guanidine groups is 1. The molecule has 2 rings (SSSR count). The smallest absolute Gasteiger partial charge is 0.191 e. The van der Waals surface area contributed by atoms with E-state index < -0.39 is 0 Å². The maximum Gasteiger partial charge on any atom is 0.191 e. The third-order valence-corrected chi connectivity index (χ3v) is 4.56. The average Bonchev–Trinajstić information content (AvgIpc) is 2.52. The van der Waals surface area contributed by atoms with Gasteiger partial charge in [-0.25, -0.2) is 0 Å². The minimum Gasteiger partial charge on any atom is -0.375 e. The normalized spacial score (nSPS) is 27.9. The zero-order valence-electron chi connectivity index (χ0n) is 13.8. The zero-order chi connectivity index (χ0) is 15.2. The highest BCUT2D eigenvalue weighted by molar-refractivity contribution is 5.78. The lowest BCUT2D eigenvalue weighted by molar-refractivity contribution is 0.00524. The Morgan fingerprint density at radius 2 is 2.00 bits per heavy atom. The highest BCUT2D eigenvalue weighted by atomic mass is 16.5. The quantitative estimate of drug-likeness (QED) is 0.587. The first-order valence-corrected chi connectivity index (χ1v) is 8.23. The molecular formula is C15H31N5O. The van der Waals surface area contributed by atoms with E-state index >= 15 is 0 Å². The monoisotopic (exact) mass is 297 g/mol. The summed E-state index contributed by atoms with van der Waals surface area (Å²) in [7, 11) is 0. The number of ether oxygens (including phenoxy) is 1. The first-order valence-electron chi connectivity index (χ1n) is 8.23. The highest BCUT2D eigenvalue weighted by Gasteiger charge is 2.21. The van der Waals surface area contributed by atoms with Crippen LogP contribution in [0.3, 0.4) is 0 Å². The van der Waals surface area contributed by atoms with Crippen LogP contribution in [0.5, 0.6) is 0 Å². The van der Waals surface area contributed by atoms with E-state index in [9.17, 15) is 0 Å². The maximum atomic E-state index is 6.13. The molecule has 0 aromatic carbocycles. The van der Waals surface area contributed by atoms with Crippen LogP contribution in [0.15, 0.2) is 4.99 Å². The second-order valence-corrected chi connectivity index (χ2v) is 6.15. The lowest BCUT2D eigenvalue weighted by Crippen LogP contribution is -2.51. The van der Waals surface area contributed by atoms with Gasteiger partial charge >= 0.3 is 0 Å². The summed E-state index contributed by atoms with van der Waals surface area (Å²) in [6, 6.07) is 0.459. The predicted octanol–water partition coefficient (Wildman–Crippen LogP) is 0.0478. The Balaban J connectivity index is 1.77. The van der Waals surface area contributed by atoms with Crippen LogP contribution in [-0.4, -0.2) is 91.8 Å². The molecule has 6 nitrogen and oxygen atoms in total. The molecule has 2 saturated heterocycles. The number of hydrogen-bond donors (Lipinski definition) is 1. The number of piperazine rings is 1. The summed E-state index contributed by atoms with van der Waals surface area (Å²) < 4.78 is 5.53. The van der Waals surface area contributed by atoms with Gasteiger partial charge in [0.15, 0.2) is 5.96 Å². The van der Waals surface area contributed by atoms with Crippen molar-refractivity contribution in [1.82, 2.24) is 14.7 Å². The highest BCUT2D eigenvalue weighted by Crippen LogP contribution is 2.07. The molecule has 21 heavy (non-hydrogen) atoms. The summed E-state index contributed by atoms with van der Waals surface area (Å²) in [6.07, 6.45) is 0.243. The van der Waals surface area contributed by atoms with Gasteiger partial charge in [-0.05, 0) is 20.4 Å². The molecule has 122 valence electrons. The molecule has 6 heteroatoms. The fraction of sp³-hybridized carbons (Fsp3) is 0.933. The van der Waals surface area contributed by atoms with Gasteiger partial charge in [-0.1, -0.05) is 6.92 Å². The lowest BCUT2D eigenvalue weighted by atomic mass is 10.2. The molecule has 0 spiro atoms. The van der Waals surface area contributed by atoms with Crippen molar-refractivity contribution in [2.75, 3.05) is 59.0 Å². The number of likely N-dealkylation sites (N-methyl/N-ethyl adjacent to an activating group) is 1. The van der Waals surface area contributed by atoms with E-state index in [1.165, 1.54) is 13.1 Å². The molecule has 0 radical (unpaired) electrons. The largest absolute Gasteiger partial charge is 0.375 e. The topological polar surface area (TPSA) is 57.3 Å². The summed E-state index contributed by atoms with van der Waals surface area (Å²) >= 11 is 0. The third kappa shape index (κ3) is 4.83. The van der Waals surface area contributed by atoms with Crippen LogP contribution in [0.25, 0.3) is 0 Å². The van der Waals surface area contributed by atoms with E-state index in [2.05, 4.69) is 40.5 Å². The molecule has 0 aliphatic carbocycles. The Morgan fingerprint density at radius 3 is 2.62 bits per heavy atom. The molecule has 0 aromatic heterocycles. The van der Waals surface area contributed by atoms with Crippen LogP contribution in [0.2, 0.25) is 0 Å². The van der Waals surface area contributed by atoms with Gasteiger partial charge in [0.2, 0.25) is 0 Å². The first-order chi connectivity index (χ1) is 10.1. The second kappa shape index (κ2) is 7.96. The number of rotatable bonds is 4. The molecule has 2 N–H and O–H groups in total. The molecule has 2 fully saturated rings. The zero-order valence-corrected chi connectivity index (χ0v) is 13.8. The van der Waals surface area contributed by atoms with E-state index in [4.69, 9.17) is 10.5 Å². The van der Waals surface area contributed by atoms with Gasteiger partial charge < -0.3 is 20.3 Å². The van der Waals surface area contributed by atoms with Gasteiger partial charge in [-0.15, -0.1) is 0 Å². The molecule has 2 atom stereocenters. The van der Waals surface area contributed by atoms with Gasteiger partial charge in [0, 0.05) is 45.3 Å². The number of hydrogen-bond acceptors (Lipinski definition) is 4. The van der Waals surface area contributed by atoms with Crippen LogP contribution in [-0.2, 0) is 4.74 Å². The van der Waals surface area contributed by atoms with Gasteiger partial charge in [-0.3, -0.25) is 9.89 Å².